The predicted molar refractivity (Wildman–Crippen MR) is 70.9 cm³/mol. The zero-order valence-corrected chi connectivity index (χ0v) is 11.6. The third-order valence-corrected chi connectivity index (χ3v) is 2.49. The molecule has 0 radical (unpaired) electrons. The van der Waals surface area contributed by atoms with E-state index in [0.717, 1.165) is 12.1 Å². The maximum Gasteiger partial charge on any atom is 0.573 e. The molecule has 0 saturated heterocycles. The molecule has 1 N–H and O–H groups in total. The van der Waals surface area contributed by atoms with Crippen molar-refractivity contribution in [1.29, 1.82) is 0 Å². The summed E-state index contributed by atoms with van der Waals surface area (Å²) in [6.07, 6.45) is -4.83. The summed E-state index contributed by atoms with van der Waals surface area (Å²) in [5, 5.41) is 8.95. The van der Waals surface area contributed by atoms with Crippen molar-refractivity contribution in [3.8, 4) is 23.1 Å². The number of aromatic nitrogens is 1. The van der Waals surface area contributed by atoms with Crippen LogP contribution in [0.15, 0.2) is 36.4 Å². The molecule has 0 aliphatic carbocycles. The molecule has 0 spiro atoms. The number of methoxy groups -OCH3 is 1. The van der Waals surface area contributed by atoms with Gasteiger partial charge in [0.25, 0.3) is 0 Å². The van der Waals surface area contributed by atoms with Crippen molar-refractivity contribution in [3.05, 3.63) is 42.1 Å². The second kappa shape index (κ2) is 6.42. The van der Waals surface area contributed by atoms with Crippen molar-refractivity contribution in [2.75, 3.05) is 7.11 Å². The zero-order valence-electron chi connectivity index (χ0n) is 11.6. The lowest BCUT2D eigenvalue weighted by Crippen LogP contribution is -2.17. The number of aromatic carboxylic acids is 1. The standard InChI is InChI=1S/C14H10F3NO5/c1-21-10-6-11(13(19)20)18-12(7-10)22-8-3-2-4-9(5-8)23-14(15,16)17/h2-7H,1H3,(H,19,20). The van der Waals surface area contributed by atoms with Gasteiger partial charge in [-0.3, -0.25) is 0 Å². The number of hydrogen-bond donors (Lipinski definition) is 1. The van der Waals surface area contributed by atoms with Gasteiger partial charge in [-0.05, 0) is 12.1 Å². The lowest BCUT2D eigenvalue weighted by atomic mass is 10.3. The highest BCUT2D eigenvalue weighted by molar-refractivity contribution is 5.86. The molecule has 1 aromatic heterocycles. The van der Waals surface area contributed by atoms with Gasteiger partial charge in [0, 0.05) is 18.2 Å². The highest BCUT2D eigenvalue weighted by Crippen LogP contribution is 2.29. The number of rotatable bonds is 5. The summed E-state index contributed by atoms with van der Waals surface area (Å²) in [6, 6.07) is 7.22. The van der Waals surface area contributed by atoms with E-state index in [4.69, 9.17) is 14.6 Å². The number of carboxylic acid groups (broad SMARTS) is 1. The van der Waals surface area contributed by atoms with Crippen LogP contribution in [0.1, 0.15) is 10.5 Å². The highest BCUT2D eigenvalue weighted by atomic mass is 19.4. The number of ether oxygens (including phenoxy) is 3. The molecule has 0 unspecified atom stereocenters. The summed E-state index contributed by atoms with van der Waals surface area (Å²) in [4.78, 5) is 14.7. The molecule has 0 bridgehead atoms. The molecule has 0 aliphatic rings. The fourth-order valence-electron chi connectivity index (χ4n) is 1.62. The molecule has 0 aliphatic heterocycles. The highest BCUT2D eigenvalue weighted by Gasteiger charge is 2.31. The molecule has 0 saturated carbocycles. The Morgan fingerprint density at radius 2 is 1.83 bits per heavy atom. The van der Waals surface area contributed by atoms with E-state index in [9.17, 15) is 18.0 Å². The number of pyridine rings is 1. The Bertz CT molecular complexity index is 718. The Labute approximate surface area is 128 Å². The largest absolute Gasteiger partial charge is 0.573 e. The Balaban J connectivity index is 2.27. The van der Waals surface area contributed by atoms with E-state index < -0.39 is 18.1 Å². The third kappa shape index (κ3) is 4.77. The smallest absolute Gasteiger partial charge is 0.496 e. The van der Waals surface area contributed by atoms with Crippen LogP contribution in [0.4, 0.5) is 13.2 Å². The van der Waals surface area contributed by atoms with Crippen LogP contribution in [0.2, 0.25) is 0 Å². The Hall–Kier alpha value is -2.97. The maximum absolute atomic E-state index is 12.2. The molecule has 9 heteroatoms. The van der Waals surface area contributed by atoms with Gasteiger partial charge in [0.1, 0.15) is 17.2 Å². The van der Waals surface area contributed by atoms with Crippen LogP contribution >= 0.6 is 0 Å². The van der Waals surface area contributed by atoms with Gasteiger partial charge in [-0.25, -0.2) is 9.78 Å². The first-order valence-electron chi connectivity index (χ1n) is 6.10. The minimum atomic E-state index is -4.83. The molecule has 1 aromatic carbocycles. The maximum atomic E-state index is 12.2. The first-order chi connectivity index (χ1) is 10.8. The van der Waals surface area contributed by atoms with Crippen molar-refractivity contribution in [2.45, 2.75) is 6.36 Å². The average molecular weight is 329 g/mol. The number of hydrogen-bond acceptors (Lipinski definition) is 5. The van der Waals surface area contributed by atoms with Gasteiger partial charge in [0.15, 0.2) is 5.69 Å². The quantitative estimate of drug-likeness (QED) is 0.905. The minimum Gasteiger partial charge on any atom is -0.496 e. The molecule has 2 rings (SSSR count). The van der Waals surface area contributed by atoms with Crippen molar-refractivity contribution in [1.82, 2.24) is 4.98 Å². The molecule has 0 fully saturated rings. The van der Waals surface area contributed by atoms with Gasteiger partial charge in [0.2, 0.25) is 5.88 Å². The molecular formula is C14H10F3NO5. The molecule has 6 nitrogen and oxygen atoms in total. The van der Waals surface area contributed by atoms with Gasteiger partial charge in [-0.2, -0.15) is 0 Å². The van der Waals surface area contributed by atoms with Crippen LogP contribution in [0.25, 0.3) is 0 Å². The van der Waals surface area contributed by atoms with Crippen LogP contribution in [-0.4, -0.2) is 29.5 Å². The van der Waals surface area contributed by atoms with E-state index in [2.05, 4.69) is 9.72 Å². The molecule has 1 heterocycles. The second-order valence-corrected chi connectivity index (χ2v) is 4.16. The molecule has 122 valence electrons. The van der Waals surface area contributed by atoms with Crippen molar-refractivity contribution >= 4 is 5.97 Å². The van der Waals surface area contributed by atoms with E-state index in [1.54, 1.807) is 0 Å². The molecule has 0 atom stereocenters. The lowest BCUT2D eigenvalue weighted by Gasteiger charge is -2.11. The van der Waals surface area contributed by atoms with Crippen LogP contribution in [0, 0.1) is 0 Å². The Morgan fingerprint density at radius 1 is 1.13 bits per heavy atom. The monoisotopic (exact) mass is 329 g/mol. The number of alkyl halides is 3. The number of nitrogens with zero attached hydrogens (tertiary/aromatic N) is 1. The Kier molecular flexibility index (Phi) is 4.58. The summed E-state index contributed by atoms with van der Waals surface area (Å²) in [6.45, 7) is 0. The van der Waals surface area contributed by atoms with E-state index in [0.29, 0.717) is 0 Å². The van der Waals surface area contributed by atoms with Gasteiger partial charge < -0.3 is 19.3 Å². The second-order valence-electron chi connectivity index (χ2n) is 4.16. The van der Waals surface area contributed by atoms with Gasteiger partial charge in [-0.1, -0.05) is 6.07 Å². The van der Waals surface area contributed by atoms with Crippen LogP contribution in [-0.2, 0) is 0 Å². The van der Waals surface area contributed by atoms with Crippen LogP contribution in [0.3, 0.4) is 0 Å². The van der Waals surface area contributed by atoms with E-state index >= 15 is 0 Å². The zero-order chi connectivity index (χ0) is 17.0. The first kappa shape index (κ1) is 16.4. The molecule has 0 amide bonds. The summed E-state index contributed by atoms with van der Waals surface area (Å²) >= 11 is 0. The lowest BCUT2D eigenvalue weighted by molar-refractivity contribution is -0.274. The normalized spacial score (nSPS) is 11.0. The van der Waals surface area contributed by atoms with Crippen LogP contribution < -0.4 is 14.2 Å². The fraction of sp³-hybridized carbons (Fsp3) is 0.143. The van der Waals surface area contributed by atoms with E-state index in [-0.39, 0.29) is 23.1 Å². The minimum absolute atomic E-state index is 0.0103. The molecule has 23 heavy (non-hydrogen) atoms. The summed E-state index contributed by atoms with van der Waals surface area (Å²) in [5.74, 6) is -1.76. The van der Waals surface area contributed by atoms with Crippen molar-refractivity contribution in [2.24, 2.45) is 0 Å². The number of carbonyl (C=O) groups is 1. The van der Waals surface area contributed by atoms with Gasteiger partial charge in [0.05, 0.1) is 7.11 Å². The molecular weight excluding hydrogens is 319 g/mol. The topological polar surface area (TPSA) is 77.9 Å². The summed E-state index contributed by atoms with van der Waals surface area (Å²) in [7, 11) is 1.32. The average Bonchev–Trinajstić information content (AvgIpc) is 2.45. The molecule has 2 aromatic rings. The van der Waals surface area contributed by atoms with Crippen LogP contribution in [0.5, 0.6) is 23.1 Å². The summed E-state index contributed by atoms with van der Waals surface area (Å²) < 4.78 is 50.5. The number of benzene rings is 1. The van der Waals surface area contributed by atoms with Crippen molar-refractivity contribution < 1.29 is 37.3 Å². The number of carboxylic acids is 1. The Morgan fingerprint density at radius 3 is 2.43 bits per heavy atom. The van der Waals surface area contributed by atoms with E-state index in [1.165, 1.54) is 31.4 Å². The predicted octanol–water partition coefficient (Wildman–Crippen LogP) is 3.48. The van der Waals surface area contributed by atoms with Gasteiger partial charge in [-0.15, -0.1) is 13.2 Å². The van der Waals surface area contributed by atoms with E-state index in [1.807, 2.05) is 0 Å². The van der Waals surface area contributed by atoms with Gasteiger partial charge >= 0.3 is 12.3 Å². The number of halogens is 3. The summed E-state index contributed by atoms with van der Waals surface area (Å²) in [5.41, 5.74) is -0.331. The first-order valence-corrected chi connectivity index (χ1v) is 6.10. The van der Waals surface area contributed by atoms with Crippen molar-refractivity contribution in [3.63, 3.8) is 0 Å². The third-order valence-electron chi connectivity index (χ3n) is 2.49. The fourth-order valence-corrected chi connectivity index (χ4v) is 1.62. The SMILES string of the molecule is COc1cc(Oc2cccc(OC(F)(F)F)c2)nc(C(=O)O)c1.